The fraction of sp³-hybridized carbons (Fsp3) is 0.922. The second kappa shape index (κ2) is 41.6. The number of carbonyl (C=O) groups excluding carboxylic acids is 2. The van der Waals surface area contributed by atoms with Gasteiger partial charge in [-0.2, -0.15) is 0 Å². The van der Waals surface area contributed by atoms with Crippen LogP contribution in [0.5, 0.6) is 0 Å². The maximum Gasteiger partial charge on any atom is 0.472 e. The molecule has 0 spiro atoms. The Morgan fingerprint density at radius 2 is 0.800 bits per heavy atom. The quantitative estimate of drug-likeness (QED) is 0.0145. The summed E-state index contributed by atoms with van der Waals surface area (Å²) in [5, 5.41) is 50.2. The molecule has 1 saturated carbocycles. The number of ether oxygens (including phenoxy) is 2. The molecule has 0 aliphatic heterocycles. The van der Waals surface area contributed by atoms with Crippen molar-refractivity contribution in [3.05, 3.63) is 12.2 Å². The van der Waals surface area contributed by atoms with Crippen LogP contribution in [0.4, 0.5) is 0 Å². The van der Waals surface area contributed by atoms with Crippen molar-refractivity contribution >= 4 is 19.8 Å². The van der Waals surface area contributed by atoms with E-state index in [1.54, 1.807) is 0 Å². The number of allylic oxidation sites excluding steroid dienone is 2. The summed E-state index contributed by atoms with van der Waals surface area (Å²) in [6.07, 6.45) is 32.8. The van der Waals surface area contributed by atoms with Gasteiger partial charge >= 0.3 is 19.8 Å². The third kappa shape index (κ3) is 33.7. The Hall–Kier alpha value is -1.41. The normalized spacial score (nSPS) is 21.4. The van der Waals surface area contributed by atoms with Crippen LogP contribution in [-0.2, 0) is 32.7 Å². The van der Waals surface area contributed by atoms with E-state index in [2.05, 4.69) is 26.0 Å². The molecule has 0 aromatic heterocycles. The summed E-state index contributed by atoms with van der Waals surface area (Å²) in [5.74, 6) is -1.12. The van der Waals surface area contributed by atoms with Gasteiger partial charge in [0, 0.05) is 12.8 Å². The van der Waals surface area contributed by atoms with Crippen LogP contribution < -0.4 is 0 Å². The van der Waals surface area contributed by atoms with Gasteiger partial charge in [-0.05, 0) is 32.1 Å². The van der Waals surface area contributed by atoms with E-state index in [9.17, 15) is 44.6 Å². The Labute approximate surface area is 394 Å². The molecule has 13 nitrogen and oxygen atoms in total. The summed E-state index contributed by atoms with van der Waals surface area (Å²) in [7, 11) is -5.12. The van der Waals surface area contributed by atoms with Gasteiger partial charge in [-0.3, -0.25) is 18.6 Å². The minimum atomic E-state index is -5.12. The van der Waals surface area contributed by atoms with Crippen molar-refractivity contribution in [2.24, 2.45) is 0 Å². The molecule has 0 aromatic carbocycles. The van der Waals surface area contributed by atoms with Crippen molar-refractivity contribution in [1.29, 1.82) is 0 Å². The Morgan fingerprint density at radius 1 is 0.462 bits per heavy atom. The second-order valence-corrected chi connectivity index (χ2v) is 20.1. The highest BCUT2D eigenvalue weighted by atomic mass is 31.2. The van der Waals surface area contributed by atoms with Crippen LogP contribution in [0.2, 0.25) is 0 Å². The van der Waals surface area contributed by atoms with E-state index in [0.717, 1.165) is 38.5 Å². The van der Waals surface area contributed by atoms with Crippen molar-refractivity contribution in [2.45, 2.75) is 288 Å². The molecule has 0 amide bonds. The third-order valence-electron chi connectivity index (χ3n) is 12.6. The molecule has 1 rings (SSSR count). The van der Waals surface area contributed by atoms with Crippen LogP contribution in [0.1, 0.15) is 245 Å². The van der Waals surface area contributed by atoms with E-state index < -0.39 is 75.7 Å². The smallest absolute Gasteiger partial charge is 0.462 e. The first-order valence-corrected chi connectivity index (χ1v) is 28.0. The Kier molecular flexibility index (Phi) is 39.4. The standard InChI is InChI=1S/C51H97O13P/c1-3-5-7-9-11-13-15-17-18-19-20-21-22-23-24-25-26-28-29-31-33-35-37-39-44(52)61-41-43(42-62-65(59,60)64-51-49(57)47(55)46(54)48(56)50(51)58)63-45(53)40-38-36-34-32-30-27-16-14-12-10-8-6-4-2/h31,33,43,46-51,54-58H,3-30,32,34-42H2,1-2H3,(H,59,60)/b33-31+/t43-,46?,47-,48?,49?,50?,51?/m0/s1. The third-order valence-corrected chi connectivity index (χ3v) is 13.6. The van der Waals surface area contributed by atoms with Crippen LogP contribution >= 0.6 is 7.82 Å². The zero-order valence-corrected chi connectivity index (χ0v) is 41.9. The zero-order valence-electron chi connectivity index (χ0n) is 41.1. The minimum absolute atomic E-state index is 0.0971. The fourth-order valence-electron chi connectivity index (χ4n) is 8.35. The van der Waals surface area contributed by atoms with E-state index in [-0.39, 0.29) is 12.8 Å². The highest BCUT2D eigenvalue weighted by Gasteiger charge is 2.51. The Bertz CT molecular complexity index is 1190. The molecule has 1 aliphatic rings. The molecule has 0 bridgehead atoms. The van der Waals surface area contributed by atoms with Crippen molar-refractivity contribution in [1.82, 2.24) is 0 Å². The summed E-state index contributed by atoms with van der Waals surface area (Å²) in [6.45, 7) is 3.31. The molecule has 0 heterocycles. The molecular weight excluding hydrogens is 852 g/mol. The summed E-state index contributed by atoms with van der Waals surface area (Å²) < 4.78 is 33.6. The summed E-state index contributed by atoms with van der Waals surface area (Å²) >= 11 is 0. The SMILES string of the molecule is CCCCCCCCCCCCCCCCCCCC/C=C/CCCC(=O)OC[C@@H](COP(=O)(O)OC1C(O)C(O)C(O)[C@H](O)C1O)OC(=O)CCCCCCCCCCCCCCC. The number of unbranched alkanes of at least 4 members (excludes halogenated alkanes) is 31. The maximum absolute atomic E-state index is 12.8. The van der Waals surface area contributed by atoms with Crippen molar-refractivity contribution in [3.63, 3.8) is 0 Å². The molecule has 6 N–H and O–H groups in total. The number of phosphoric ester groups is 1. The van der Waals surface area contributed by atoms with Crippen LogP contribution in [0.3, 0.4) is 0 Å². The first kappa shape index (κ1) is 61.6. The first-order chi connectivity index (χ1) is 31.4. The monoisotopic (exact) mass is 949 g/mol. The van der Waals surface area contributed by atoms with E-state index in [1.165, 1.54) is 161 Å². The molecule has 14 heteroatoms. The summed E-state index contributed by atoms with van der Waals surface area (Å²) in [5.41, 5.74) is 0. The number of rotatable bonds is 45. The van der Waals surface area contributed by atoms with Crippen molar-refractivity contribution in [2.75, 3.05) is 13.2 Å². The van der Waals surface area contributed by atoms with Gasteiger partial charge in [-0.1, -0.05) is 212 Å². The molecule has 0 aromatic rings. The molecule has 8 atom stereocenters. The van der Waals surface area contributed by atoms with Gasteiger partial charge in [0.1, 0.15) is 43.2 Å². The lowest BCUT2D eigenvalue weighted by atomic mass is 9.85. The average molecular weight is 949 g/mol. The van der Waals surface area contributed by atoms with Crippen molar-refractivity contribution < 1.29 is 63.1 Å². The van der Waals surface area contributed by atoms with Gasteiger partial charge in [0.2, 0.25) is 0 Å². The first-order valence-electron chi connectivity index (χ1n) is 26.5. The number of aliphatic hydroxyl groups excluding tert-OH is 5. The molecule has 0 radical (unpaired) electrons. The summed E-state index contributed by atoms with van der Waals surface area (Å²) in [6, 6.07) is 0. The molecular formula is C51H97O13P. The fourth-order valence-corrected chi connectivity index (χ4v) is 9.33. The lowest BCUT2D eigenvalue weighted by molar-refractivity contribution is -0.220. The minimum Gasteiger partial charge on any atom is -0.462 e. The van der Waals surface area contributed by atoms with Crippen LogP contribution in [0.15, 0.2) is 12.2 Å². The largest absolute Gasteiger partial charge is 0.472 e. The van der Waals surface area contributed by atoms with Gasteiger partial charge in [0.15, 0.2) is 6.10 Å². The number of carbonyl (C=O) groups is 2. The maximum atomic E-state index is 12.8. The number of hydrogen-bond donors (Lipinski definition) is 6. The van der Waals surface area contributed by atoms with Gasteiger partial charge in [0.25, 0.3) is 0 Å². The van der Waals surface area contributed by atoms with Gasteiger partial charge in [0.05, 0.1) is 6.61 Å². The van der Waals surface area contributed by atoms with Gasteiger partial charge < -0.3 is 39.9 Å². The zero-order chi connectivity index (χ0) is 47.8. The molecule has 0 saturated heterocycles. The average Bonchev–Trinajstić information content (AvgIpc) is 3.29. The Balaban J connectivity index is 2.34. The lowest BCUT2D eigenvalue weighted by Crippen LogP contribution is -2.64. The predicted octanol–water partition coefficient (Wildman–Crippen LogP) is 11.4. The molecule has 384 valence electrons. The molecule has 6 unspecified atom stereocenters. The molecule has 1 aliphatic carbocycles. The van der Waals surface area contributed by atoms with Crippen LogP contribution in [0, 0.1) is 0 Å². The van der Waals surface area contributed by atoms with Crippen LogP contribution in [-0.4, -0.2) is 98.3 Å². The Morgan fingerprint density at radius 3 is 1.22 bits per heavy atom. The second-order valence-electron chi connectivity index (χ2n) is 18.7. The summed E-state index contributed by atoms with van der Waals surface area (Å²) in [4.78, 5) is 35.8. The molecule has 1 fully saturated rings. The number of phosphoric acid groups is 1. The van der Waals surface area contributed by atoms with Gasteiger partial charge in [-0.15, -0.1) is 0 Å². The highest BCUT2D eigenvalue weighted by Crippen LogP contribution is 2.47. The number of hydrogen-bond acceptors (Lipinski definition) is 12. The van der Waals surface area contributed by atoms with Gasteiger partial charge in [-0.25, -0.2) is 4.57 Å². The number of aliphatic hydroxyl groups is 5. The number of esters is 2. The van der Waals surface area contributed by atoms with Crippen molar-refractivity contribution in [3.8, 4) is 0 Å². The van der Waals surface area contributed by atoms with E-state index >= 15 is 0 Å². The van der Waals surface area contributed by atoms with E-state index in [4.69, 9.17) is 18.5 Å². The lowest BCUT2D eigenvalue weighted by Gasteiger charge is -2.41. The topological polar surface area (TPSA) is 210 Å². The molecule has 65 heavy (non-hydrogen) atoms. The van der Waals surface area contributed by atoms with E-state index in [0.29, 0.717) is 19.3 Å². The predicted molar refractivity (Wildman–Crippen MR) is 258 cm³/mol. The van der Waals surface area contributed by atoms with E-state index in [1.807, 2.05) is 0 Å². The highest BCUT2D eigenvalue weighted by molar-refractivity contribution is 7.47. The van der Waals surface area contributed by atoms with Crippen LogP contribution in [0.25, 0.3) is 0 Å².